The number of aromatic hydroxyl groups is 1. The average molecular weight is 458 g/mol. The minimum Gasteiger partial charge on any atom is -0.504 e. The molecule has 5 rings (SSSR count). The van der Waals surface area contributed by atoms with E-state index in [0.29, 0.717) is 29.4 Å². The molecule has 3 aliphatic rings. The molecule has 2 aromatic rings. The van der Waals surface area contributed by atoms with E-state index in [1.54, 1.807) is 6.07 Å². The Kier molecular flexibility index (Phi) is 5.55. The van der Waals surface area contributed by atoms with Gasteiger partial charge in [-0.15, -0.1) is 0 Å². The molecule has 2 saturated carbocycles. The molecule has 0 radical (unpaired) electrons. The standard InChI is InChI=1S/C26H29F2NO4/c1-26-6-5-17-18-12-24(32-2)23(30)11-20(18)22(10-19(17)21(26)3-4-25(26)31)29-33-13-14-7-15(27)9-16(28)8-14/h7-9,11-12,17,19,21,25,30-31H,3-6,10,13H2,1-2H3/t17-,19-,21+,25+,26+/m1/s1. The van der Waals surface area contributed by atoms with Crippen molar-refractivity contribution < 1.29 is 28.6 Å². The first-order chi connectivity index (χ1) is 15.8. The van der Waals surface area contributed by atoms with Crippen molar-refractivity contribution in [1.82, 2.24) is 0 Å². The third-order valence-electron chi connectivity index (χ3n) is 8.21. The van der Waals surface area contributed by atoms with Gasteiger partial charge in [0.05, 0.1) is 18.9 Å². The van der Waals surface area contributed by atoms with Gasteiger partial charge in [0, 0.05) is 11.6 Å². The van der Waals surface area contributed by atoms with Gasteiger partial charge in [-0.1, -0.05) is 12.1 Å². The van der Waals surface area contributed by atoms with Crippen LogP contribution in [0.5, 0.6) is 11.5 Å². The summed E-state index contributed by atoms with van der Waals surface area (Å²) < 4.78 is 32.4. The van der Waals surface area contributed by atoms with Crippen LogP contribution in [0.1, 0.15) is 61.6 Å². The molecule has 3 aliphatic carbocycles. The summed E-state index contributed by atoms with van der Waals surface area (Å²) in [5.41, 5.74) is 2.84. The summed E-state index contributed by atoms with van der Waals surface area (Å²) in [6.07, 6.45) is 4.06. The van der Waals surface area contributed by atoms with E-state index < -0.39 is 11.6 Å². The first-order valence-electron chi connectivity index (χ1n) is 11.5. The highest BCUT2D eigenvalue weighted by molar-refractivity contribution is 6.03. The van der Waals surface area contributed by atoms with Crippen LogP contribution >= 0.6 is 0 Å². The third kappa shape index (κ3) is 3.76. The van der Waals surface area contributed by atoms with Crippen molar-refractivity contribution in [1.29, 1.82) is 0 Å². The molecule has 33 heavy (non-hydrogen) atoms. The van der Waals surface area contributed by atoms with Crippen molar-refractivity contribution >= 4 is 5.71 Å². The van der Waals surface area contributed by atoms with Crippen LogP contribution in [0.15, 0.2) is 35.5 Å². The normalized spacial score (nSPS) is 31.6. The zero-order valence-corrected chi connectivity index (χ0v) is 18.9. The predicted molar refractivity (Wildman–Crippen MR) is 119 cm³/mol. The summed E-state index contributed by atoms with van der Waals surface area (Å²) in [7, 11) is 1.53. The van der Waals surface area contributed by atoms with E-state index in [0.717, 1.165) is 42.9 Å². The van der Waals surface area contributed by atoms with Gasteiger partial charge in [-0.2, -0.15) is 0 Å². The second-order valence-electron chi connectivity index (χ2n) is 9.92. The van der Waals surface area contributed by atoms with Gasteiger partial charge in [0.2, 0.25) is 0 Å². The predicted octanol–water partition coefficient (Wildman–Crippen LogP) is 5.27. The van der Waals surface area contributed by atoms with Crippen LogP contribution in [0, 0.1) is 28.9 Å². The quantitative estimate of drug-likeness (QED) is 0.614. The Balaban J connectivity index is 1.50. The Morgan fingerprint density at radius 2 is 1.85 bits per heavy atom. The number of aliphatic hydroxyl groups is 1. The van der Waals surface area contributed by atoms with E-state index in [9.17, 15) is 19.0 Å². The van der Waals surface area contributed by atoms with Gasteiger partial charge >= 0.3 is 0 Å². The van der Waals surface area contributed by atoms with E-state index in [2.05, 4.69) is 12.1 Å². The number of phenols is 1. The van der Waals surface area contributed by atoms with Crippen LogP contribution in [0.4, 0.5) is 8.78 Å². The van der Waals surface area contributed by atoms with Gasteiger partial charge in [-0.3, -0.25) is 0 Å². The Morgan fingerprint density at radius 1 is 1.09 bits per heavy atom. The number of oxime groups is 1. The number of ether oxygens (including phenoxy) is 1. The van der Waals surface area contributed by atoms with Crippen LogP contribution in [-0.2, 0) is 11.4 Å². The number of fused-ring (bicyclic) bond motifs is 5. The van der Waals surface area contributed by atoms with E-state index in [1.165, 1.54) is 19.2 Å². The minimum absolute atomic E-state index is 0.0338. The molecule has 0 spiro atoms. The fourth-order valence-corrected chi connectivity index (χ4v) is 6.53. The second kappa shape index (κ2) is 8.28. The average Bonchev–Trinajstić information content (AvgIpc) is 3.07. The number of rotatable bonds is 4. The monoisotopic (exact) mass is 457 g/mol. The largest absolute Gasteiger partial charge is 0.504 e. The molecule has 2 N–H and O–H groups in total. The Hall–Kier alpha value is -2.67. The molecule has 0 bridgehead atoms. The van der Waals surface area contributed by atoms with Gasteiger partial charge in [0.25, 0.3) is 0 Å². The van der Waals surface area contributed by atoms with Crippen molar-refractivity contribution in [3.05, 3.63) is 58.7 Å². The topological polar surface area (TPSA) is 71.3 Å². The molecular formula is C26H29F2NO4. The minimum atomic E-state index is -0.662. The molecule has 5 nitrogen and oxygen atoms in total. The molecule has 0 amide bonds. The van der Waals surface area contributed by atoms with E-state index >= 15 is 0 Å². The number of aliphatic hydroxyl groups excluding tert-OH is 1. The molecule has 2 aromatic carbocycles. The van der Waals surface area contributed by atoms with Gasteiger partial charge in [0.1, 0.15) is 18.2 Å². The second-order valence-corrected chi connectivity index (χ2v) is 9.92. The maximum absolute atomic E-state index is 13.5. The summed E-state index contributed by atoms with van der Waals surface area (Å²) in [4.78, 5) is 5.55. The number of benzene rings is 2. The summed E-state index contributed by atoms with van der Waals surface area (Å²) in [5, 5.41) is 25.5. The van der Waals surface area contributed by atoms with Crippen LogP contribution in [-0.4, -0.2) is 29.1 Å². The number of hydrogen-bond donors (Lipinski definition) is 2. The van der Waals surface area contributed by atoms with Crippen molar-refractivity contribution in [2.45, 2.75) is 57.7 Å². The highest BCUT2D eigenvalue weighted by Crippen LogP contribution is 2.61. The zero-order valence-electron chi connectivity index (χ0n) is 18.9. The molecule has 0 saturated heterocycles. The molecule has 5 atom stereocenters. The molecule has 0 aromatic heterocycles. The molecule has 0 unspecified atom stereocenters. The Labute approximate surface area is 192 Å². The molecule has 7 heteroatoms. The van der Waals surface area contributed by atoms with E-state index in [4.69, 9.17) is 9.57 Å². The molecule has 0 aliphatic heterocycles. The van der Waals surface area contributed by atoms with E-state index in [-0.39, 0.29) is 35.7 Å². The van der Waals surface area contributed by atoms with Crippen molar-refractivity contribution in [2.75, 3.05) is 7.11 Å². The first kappa shape index (κ1) is 22.1. The van der Waals surface area contributed by atoms with E-state index in [1.807, 2.05) is 6.07 Å². The van der Waals surface area contributed by atoms with Crippen LogP contribution in [0.3, 0.4) is 0 Å². The first-order valence-corrected chi connectivity index (χ1v) is 11.5. The lowest BCUT2D eigenvalue weighted by atomic mass is 9.55. The van der Waals surface area contributed by atoms with Gasteiger partial charge in [-0.25, -0.2) is 8.78 Å². The maximum Gasteiger partial charge on any atom is 0.160 e. The Morgan fingerprint density at radius 3 is 2.58 bits per heavy atom. The lowest BCUT2D eigenvalue weighted by Crippen LogP contribution is -2.45. The summed E-state index contributed by atoms with van der Waals surface area (Å²) in [6.45, 7) is 2.13. The molecule has 2 fully saturated rings. The summed E-state index contributed by atoms with van der Waals surface area (Å²) in [5.74, 6) is 0.0690. The van der Waals surface area contributed by atoms with Gasteiger partial charge < -0.3 is 19.8 Å². The molecular weight excluding hydrogens is 428 g/mol. The number of hydrogen-bond acceptors (Lipinski definition) is 5. The SMILES string of the molecule is COc1cc2c(cc1O)C(=NOCc1cc(F)cc(F)c1)C[C@@H]1[C@@H]2CC[C@]2(C)[C@@H](O)CC[C@@H]12. The van der Waals surface area contributed by atoms with Crippen molar-refractivity contribution in [2.24, 2.45) is 22.4 Å². The Bertz CT molecular complexity index is 1080. The third-order valence-corrected chi connectivity index (χ3v) is 8.21. The lowest BCUT2D eigenvalue weighted by molar-refractivity contribution is -0.0180. The fourth-order valence-electron chi connectivity index (χ4n) is 6.53. The lowest BCUT2D eigenvalue weighted by Gasteiger charge is -2.50. The number of nitrogens with zero attached hydrogens (tertiary/aromatic N) is 1. The fraction of sp³-hybridized carbons (Fsp3) is 0.500. The number of methoxy groups -OCH3 is 1. The summed E-state index contributed by atoms with van der Waals surface area (Å²) in [6, 6.07) is 6.83. The van der Waals surface area contributed by atoms with Crippen LogP contribution in [0.2, 0.25) is 0 Å². The highest BCUT2D eigenvalue weighted by Gasteiger charge is 2.55. The zero-order chi connectivity index (χ0) is 23.3. The highest BCUT2D eigenvalue weighted by atomic mass is 19.1. The molecule has 176 valence electrons. The van der Waals surface area contributed by atoms with Crippen LogP contribution < -0.4 is 4.74 Å². The maximum atomic E-state index is 13.5. The van der Waals surface area contributed by atoms with Crippen molar-refractivity contribution in [3.8, 4) is 11.5 Å². The number of phenolic OH excluding ortho intramolecular Hbond substituents is 1. The van der Waals surface area contributed by atoms with Gasteiger partial charge in [0.15, 0.2) is 11.5 Å². The van der Waals surface area contributed by atoms with Crippen molar-refractivity contribution in [3.63, 3.8) is 0 Å². The van der Waals surface area contributed by atoms with Gasteiger partial charge in [-0.05, 0) is 90.7 Å². The van der Waals surface area contributed by atoms with Crippen LogP contribution in [0.25, 0.3) is 0 Å². The smallest absolute Gasteiger partial charge is 0.160 e. The summed E-state index contributed by atoms with van der Waals surface area (Å²) >= 11 is 0. The number of halogens is 2. The molecule has 0 heterocycles.